The van der Waals surface area contributed by atoms with E-state index in [9.17, 15) is 14.4 Å². The van der Waals surface area contributed by atoms with Crippen LogP contribution < -0.4 is 5.73 Å². The summed E-state index contributed by atoms with van der Waals surface area (Å²) in [4.78, 5) is 54.2. The monoisotopic (exact) mass is 416 g/mol. The number of nitrogens with zero attached hydrogens (tertiary/aromatic N) is 3. The number of fused-ring (bicyclic) bond motifs is 1. The van der Waals surface area contributed by atoms with Crippen LogP contribution in [-0.4, -0.2) is 64.0 Å². The zero-order valence-electron chi connectivity index (χ0n) is 15.8. The molecule has 0 bridgehead atoms. The summed E-state index contributed by atoms with van der Waals surface area (Å²) in [6.07, 6.45) is 5.16. The van der Waals surface area contributed by atoms with Gasteiger partial charge in [-0.2, -0.15) is 0 Å². The molecule has 3 heterocycles. The van der Waals surface area contributed by atoms with Crippen LogP contribution in [0.25, 0.3) is 0 Å². The van der Waals surface area contributed by atoms with Crippen LogP contribution in [-0.2, 0) is 24.0 Å². The molecule has 3 N–H and O–H groups in total. The number of esters is 1. The first-order chi connectivity index (χ1) is 14.5. The van der Waals surface area contributed by atoms with Gasteiger partial charge in [-0.3, -0.25) is 24.3 Å². The molecule has 0 spiro atoms. The molecule has 3 unspecified atom stereocenters. The van der Waals surface area contributed by atoms with E-state index in [2.05, 4.69) is 4.98 Å². The van der Waals surface area contributed by atoms with E-state index in [0.29, 0.717) is 0 Å². The number of aliphatic hydroxyl groups excluding tert-OH is 1. The Morgan fingerprint density at radius 3 is 2.93 bits per heavy atom. The second-order valence-electron chi connectivity index (χ2n) is 6.82. The zero-order valence-corrected chi connectivity index (χ0v) is 15.8. The molecule has 3 aliphatic rings. The van der Waals surface area contributed by atoms with Crippen LogP contribution in [0, 0.1) is 11.8 Å². The van der Waals surface area contributed by atoms with Gasteiger partial charge in [0.15, 0.2) is 6.23 Å². The molecule has 2 saturated heterocycles. The molecular formula is C19H20N4O7. The van der Waals surface area contributed by atoms with Crippen molar-refractivity contribution in [2.75, 3.05) is 19.8 Å². The third kappa shape index (κ3) is 3.59. The fourth-order valence-electron chi connectivity index (χ4n) is 3.55. The second kappa shape index (κ2) is 8.32. The van der Waals surface area contributed by atoms with E-state index in [1.54, 1.807) is 6.07 Å². The maximum Gasteiger partial charge on any atom is 0.344 e. The average molecular weight is 416 g/mol. The van der Waals surface area contributed by atoms with Gasteiger partial charge in [0, 0.05) is 18.8 Å². The third-order valence-electron chi connectivity index (χ3n) is 4.95. The minimum Gasteiger partial charge on any atom is -0.424 e. The highest BCUT2D eigenvalue weighted by Crippen LogP contribution is 2.39. The van der Waals surface area contributed by atoms with Gasteiger partial charge in [0.1, 0.15) is 11.7 Å². The van der Waals surface area contributed by atoms with Crippen molar-refractivity contribution in [1.29, 1.82) is 0 Å². The highest BCUT2D eigenvalue weighted by atomic mass is 17.0. The summed E-state index contributed by atoms with van der Waals surface area (Å²) in [7, 11) is 0. The Bertz CT molecular complexity index is 915. The lowest BCUT2D eigenvalue weighted by atomic mass is 9.88. The Labute approximate surface area is 171 Å². The predicted octanol–water partition coefficient (Wildman–Crippen LogP) is -0.533. The first-order valence-corrected chi connectivity index (χ1v) is 9.36. The molecule has 3 atom stereocenters. The normalized spacial score (nSPS) is 26.8. The van der Waals surface area contributed by atoms with E-state index < -0.39 is 35.8 Å². The van der Waals surface area contributed by atoms with Gasteiger partial charge in [0.2, 0.25) is 11.8 Å². The van der Waals surface area contributed by atoms with Gasteiger partial charge in [-0.15, -0.1) is 0 Å². The first-order valence-electron chi connectivity index (χ1n) is 9.36. The van der Waals surface area contributed by atoms with E-state index >= 15 is 0 Å². The summed E-state index contributed by atoms with van der Waals surface area (Å²) in [5.41, 5.74) is 6.26. The van der Waals surface area contributed by atoms with Crippen LogP contribution >= 0.6 is 0 Å². The van der Waals surface area contributed by atoms with E-state index in [-0.39, 0.29) is 43.2 Å². The Kier molecular flexibility index (Phi) is 5.59. The number of aromatic nitrogens is 1. The summed E-state index contributed by atoms with van der Waals surface area (Å²) in [6.45, 7) is 0.0321. The molecular weight excluding hydrogens is 396 g/mol. The van der Waals surface area contributed by atoms with Crippen molar-refractivity contribution in [3.63, 3.8) is 0 Å². The number of carbonyl (C=O) groups excluding carboxylic acids is 3. The number of β-amino-alcohol motifs (C(OH)–C–C–N with tert-alkyl or cyclic N) is 1. The molecule has 2 amide bonds. The predicted molar refractivity (Wildman–Crippen MR) is 98.1 cm³/mol. The summed E-state index contributed by atoms with van der Waals surface area (Å²) in [5.74, 6) is -3.80. The SMILES string of the molecule is NC1=C(OC(=O)c2cccnc2)C2C(=O)N(C3CCON(CCO)O3)C(=O)C2C=C1. The highest BCUT2D eigenvalue weighted by molar-refractivity contribution is 6.08. The fourth-order valence-corrected chi connectivity index (χ4v) is 3.55. The topological polar surface area (TPSA) is 145 Å². The molecule has 1 aromatic rings. The van der Waals surface area contributed by atoms with E-state index in [1.165, 1.54) is 30.6 Å². The van der Waals surface area contributed by atoms with Crippen LogP contribution in [0.4, 0.5) is 0 Å². The first kappa shape index (κ1) is 20.2. The summed E-state index contributed by atoms with van der Waals surface area (Å²) in [5, 5.41) is 10.1. The molecule has 158 valence electrons. The van der Waals surface area contributed by atoms with Crippen molar-refractivity contribution in [1.82, 2.24) is 15.1 Å². The molecule has 4 rings (SSSR count). The number of carbonyl (C=O) groups is 3. The number of allylic oxidation sites excluding steroid dienone is 1. The van der Waals surface area contributed by atoms with Gasteiger partial charge in [0.25, 0.3) is 0 Å². The number of hydrogen-bond acceptors (Lipinski definition) is 10. The molecule has 11 heteroatoms. The lowest BCUT2D eigenvalue weighted by molar-refractivity contribution is -0.426. The summed E-state index contributed by atoms with van der Waals surface area (Å²) >= 11 is 0. The Morgan fingerprint density at radius 2 is 2.20 bits per heavy atom. The molecule has 11 nitrogen and oxygen atoms in total. The van der Waals surface area contributed by atoms with Crippen LogP contribution in [0.5, 0.6) is 0 Å². The number of imide groups is 1. The van der Waals surface area contributed by atoms with E-state index in [1.807, 2.05) is 0 Å². The lowest BCUT2D eigenvalue weighted by Gasteiger charge is -2.34. The van der Waals surface area contributed by atoms with Crippen LogP contribution in [0.15, 0.2) is 48.1 Å². The largest absolute Gasteiger partial charge is 0.424 e. The number of amides is 2. The minimum absolute atomic E-state index is 0.0559. The maximum absolute atomic E-state index is 13.2. The number of hydrogen-bond donors (Lipinski definition) is 2. The lowest BCUT2D eigenvalue weighted by Crippen LogP contribution is -2.50. The highest BCUT2D eigenvalue weighted by Gasteiger charge is 2.54. The van der Waals surface area contributed by atoms with Gasteiger partial charge in [-0.1, -0.05) is 11.3 Å². The van der Waals surface area contributed by atoms with Gasteiger partial charge >= 0.3 is 5.97 Å². The number of hydroxylamine groups is 2. The second-order valence-corrected chi connectivity index (χ2v) is 6.82. The Hall–Kier alpha value is -3.12. The molecule has 1 aliphatic carbocycles. The van der Waals surface area contributed by atoms with Crippen LogP contribution in [0.3, 0.4) is 0 Å². The van der Waals surface area contributed by atoms with Crippen molar-refractivity contribution in [3.8, 4) is 0 Å². The molecule has 0 radical (unpaired) electrons. The number of rotatable bonds is 5. The van der Waals surface area contributed by atoms with Gasteiger partial charge in [0.05, 0.1) is 36.9 Å². The average Bonchev–Trinajstić information content (AvgIpc) is 3.01. The van der Waals surface area contributed by atoms with Crippen molar-refractivity contribution in [2.45, 2.75) is 12.6 Å². The smallest absolute Gasteiger partial charge is 0.344 e. The van der Waals surface area contributed by atoms with Crippen molar-refractivity contribution >= 4 is 17.8 Å². The van der Waals surface area contributed by atoms with Gasteiger partial charge in [-0.05, 0) is 18.2 Å². The standard InChI is InChI=1S/C19H20N4O7/c20-13-4-3-12-15(16(13)29-19(27)11-2-1-6-21-10-11)18(26)23(17(12)25)14-5-9-28-22(30-14)7-8-24/h1-4,6,10,12,14-15,24H,5,7-9,20H2. The zero-order chi connectivity index (χ0) is 21.3. The summed E-state index contributed by atoms with van der Waals surface area (Å²) < 4.78 is 5.43. The van der Waals surface area contributed by atoms with E-state index in [0.717, 1.165) is 10.1 Å². The number of nitrogens with two attached hydrogens (primary N) is 1. The third-order valence-corrected chi connectivity index (χ3v) is 4.95. The maximum atomic E-state index is 13.2. The molecule has 30 heavy (non-hydrogen) atoms. The van der Waals surface area contributed by atoms with Gasteiger partial charge in [-0.25, -0.2) is 9.63 Å². The minimum atomic E-state index is -1.07. The number of ether oxygens (including phenoxy) is 1. The van der Waals surface area contributed by atoms with Crippen molar-refractivity contribution in [3.05, 3.63) is 53.7 Å². The van der Waals surface area contributed by atoms with Crippen LogP contribution in [0.1, 0.15) is 16.8 Å². The van der Waals surface area contributed by atoms with Crippen molar-refractivity contribution < 1.29 is 33.9 Å². The Balaban J connectivity index is 1.57. The van der Waals surface area contributed by atoms with Crippen LogP contribution in [0.2, 0.25) is 0 Å². The molecule has 2 fully saturated rings. The number of aliphatic hydroxyl groups is 1. The number of pyridine rings is 1. The Morgan fingerprint density at radius 1 is 1.37 bits per heavy atom. The quantitative estimate of drug-likeness (QED) is 0.474. The van der Waals surface area contributed by atoms with E-state index in [4.69, 9.17) is 25.3 Å². The fraction of sp³-hybridized carbons (Fsp3) is 0.368. The molecule has 2 aliphatic heterocycles. The molecule has 1 aromatic heterocycles. The van der Waals surface area contributed by atoms with Gasteiger partial charge < -0.3 is 15.6 Å². The summed E-state index contributed by atoms with van der Waals surface area (Å²) in [6, 6.07) is 3.09. The molecule has 0 saturated carbocycles. The number of likely N-dealkylation sites (tertiary alicyclic amines) is 1. The molecule has 0 aromatic carbocycles. The van der Waals surface area contributed by atoms with Crippen molar-refractivity contribution in [2.24, 2.45) is 17.6 Å².